The van der Waals surface area contributed by atoms with E-state index < -0.39 is 0 Å². The van der Waals surface area contributed by atoms with Crippen molar-refractivity contribution in [2.24, 2.45) is 0 Å². The summed E-state index contributed by atoms with van der Waals surface area (Å²) in [4.78, 5) is 6.61. The number of nitrogens with zero attached hydrogens (tertiary/aromatic N) is 2. The lowest BCUT2D eigenvalue weighted by atomic mass is 10.1. The van der Waals surface area contributed by atoms with Gasteiger partial charge in [-0.2, -0.15) is 0 Å². The summed E-state index contributed by atoms with van der Waals surface area (Å²) in [5.74, 6) is 0. The zero-order chi connectivity index (χ0) is 13.2. The van der Waals surface area contributed by atoms with E-state index in [4.69, 9.17) is 10.5 Å². The normalized spacial score (nSPS) is 20.5. The zero-order valence-corrected chi connectivity index (χ0v) is 11.2. The standard InChI is InChI=1S/C15H19N3O/c1-11-10-18(7-2-8-19-11)15-4-3-14(16)12-5-6-17-9-13(12)15/h3-6,9,11H,2,7-8,10,16H2,1H3. The van der Waals surface area contributed by atoms with Gasteiger partial charge in [0.1, 0.15) is 0 Å². The highest BCUT2D eigenvalue weighted by molar-refractivity contribution is 6.00. The molecular formula is C15H19N3O. The minimum Gasteiger partial charge on any atom is -0.398 e. The summed E-state index contributed by atoms with van der Waals surface area (Å²) in [5, 5.41) is 2.20. The van der Waals surface area contributed by atoms with Gasteiger partial charge in [-0.1, -0.05) is 0 Å². The third kappa shape index (κ3) is 2.36. The van der Waals surface area contributed by atoms with Crippen LogP contribution in [0.5, 0.6) is 0 Å². The Morgan fingerprint density at radius 3 is 3.11 bits per heavy atom. The van der Waals surface area contributed by atoms with E-state index in [0.29, 0.717) is 0 Å². The third-order valence-electron chi connectivity index (χ3n) is 3.62. The van der Waals surface area contributed by atoms with Gasteiger partial charge in [0.05, 0.1) is 6.10 Å². The van der Waals surface area contributed by atoms with Gasteiger partial charge in [-0.05, 0) is 31.5 Å². The predicted octanol–water partition coefficient (Wildman–Crippen LogP) is 2.43. The second kappa shape index (κ2) is 5.05. The molecule has 0 amide bonds. The topological polar surface area (TPSA) is 51.4 Å². The molecule has 0 spiro atoms. The van der Waals surface area contributed by atoms with Crippen LogP contribution >= 0.6 is 0 Å². The van der Waals surface area contributed by atoms with E-state index in [0.717, 1.165) is 42.6 Å². The van der Waals surface area contributed by atoms with E-state index in [2.05, 4.69) is 22.9 Å². The number of ether oxygens (including phenoxy) is 1. The first-order valence-corrected chi connectivity index (χ1v) is 6.74. The van der Waals surface area contributed by atoms with Gasteiger partial charge in [0.2, 0.25) is 0 Å². The van der Waals surface area contributed by atoms with Crippen LogP contribution in [-0.4, -0.2) is 30.8 Å². The maximum atomic E-state index is 6.04. The van der Waals surface area contributed by atoms with E-state index in [1.54, 1.807) is 6.20 Å². The minimum absolute atomic E-state index is 0.256. The van der Waals surface area contributed by atoms with Crippen LogP contribution in [0.15, 0.2) is 30.6 Å². The molecule has 1 aromatic carbocycles. The van der Waals surface area contributed by atoms with Crippen LogP contribution in [0.4, 0.5) is 11.4 Å². The van der Waals surface area contributed by atoms with Crippen molar-refractivity contribution in [3.63, 3.8) is 0 Å². The summed E-state index contributed by atoms with van der Waals surface area (Å²) in [5.41, 5.74) is 8.05. The number of pyridine rings is 1. The Balaban J connectivity index is 2.06. The molecule has 1 aromatic heterocycles. The maximum absolute atomic E-state index is 6.04. The molecule has 0 bridgehead atoms. The van der Waals surface area contributed by atoms with Crippen molar-refractivity contribution in [1.82, 2.24) is 4.98 Å². The largest absolute Gasteiger partial charge is 0.398 e. The Kier molecular flexibility index (Phi) is 3.25. The Morgan fingerprint density at radius 1 is 1.32 bits per heavy atom. The molecule has 0 radical (unpaired) electrons. The summed E-state index contributed by atoms with van der Waals surface area (Å²) in [6, 6.07) is 6.05. The lowest BCUT2D eigenvalue weighted by molar-refractivity contribution is 0.0821. The van der Waals surface area contributed by atoms with Gasteiger partial charge in [-0.15, -0.1) is 0 Å². The quantitative estimate of drug-likeness (QED) is 0.797. The highest BCUT2D eigenvalue weighted by Crippen LogP contribution is 2.31. The SMILES string of the molecule is CC1CN(c2ccc(N)c3ccncc23)CCCO1. The highest BCUT2D eigenvalue weighted by atomic mass is 16.5. The molecule has 1 unspecified atom stereocenters. The molecule has 4 heteroatoms. The summed E-state index contributed by atoms with van der Waals surface area (Å²) in [6.07, 6.45) is 5.00. The van der Waals surface area contributed by atoms with Gasteiger partial charge in [0.25, 0.3) is 0 Å². The van der Waals surface area contributed by atoms with Crippen molar-refractivity contribution in [2.75, 3.05) is 30.3 Å². The van der Waals surface area contributed by atoms with E-state index in [1.807, 2.05) is 18.3 Å². The average Bonchev–Trinajstić information content (AvgIpc) is 2.64. The molecule has 2 heterocycles. The smallest absolute Gasteiger partial charge is 0.0721 e. The molecule has 1 aliphatic rings. The van der Waals surface area contributed by atoms with Crippen LogP contribution in [0.2, 0.25) is 0 Å². The molecule has 2 N–H and O–H groups in total. The monoisotopic (exact) mass is 257 g/mol. The van der Waals surface area contributed by atoms with Crippen molar-refractivity contribution in [1.29, 1.82) is 0 Å². The second-order valence-corrected chi connectivity index (χ2v) is 5.08. The average molecular weight is 257 g/mol. The number of hydrogen-bond acceptors (Lipinski definition) is 4. The van der Waals surface area contributed by atoms with Crippen molar-refractivity contribution in [3.05, 3.63) is 30.6 Å². The van der Waals surface area contributed by atoms with Crippen molar-refractivity contribution in [2.45, 2.75) is 19.4 Å². The second-order valence-electron chi connectivity index (χ2n) is 5.08. The fourth-order valence-corrected chi connectivity index (χ4v) is 2.69. The van der Waals surface area contributed by atoms with Crippen LogP contribution in [-0.2, 0) is 4.74 Å². The first kappa shape index (κ1) is 12.2. The van der Waals surface area contributed by atoms with Gasteiger partial charge in [-0.3, -0.25) is 4.98 Å². The Labute approximate surface area is 113 Å². The molecule has 0 saturated carbocycles. The van der Waals surface area contributed by atoms with Gasteiger partial charge in [0.15, 0.2) is 0 Å². The molecule has 0 aliphatic carbocycles. The first-order chi connectivity index (χ1) is 9.25. The molecular weight excluding hydrogens is 238 g/mol. The minimum atomic E-state index is 0.256. The van der Waals surface area contributed by atoms with Gasteiger partial charge >= 0.3 is 0 Å². The number of aromatic nitrogens is 1. The van der Waals surface area contributed by atoms with Crippen LogP contribution in [0.25, 0.3) is 10.8 Å². The lowest BCUT2D eigenvalue weighted by Crippen LogP contribution is -2.30. The summed E-state index contributed by atoms with van der Waals surface area (Å²) < 4.78 is 5.71. The molecule has 100 valence electrons. The van der Waals surface area contributed by atoms with Crippen LogP contribution in [0, 0.1) is 0 Å². The Bertz CT molecular complexity index is 585. The molecule has 1 saturated heterocycles. The van der Waals surface area contributed by atoms with Crippen molar-refractivity contribution < 1.29 is 4.74 Å². The number of benzene rings is 1. The highest BCUT2D eigenvalue weighted by Gasteiger charge is 2.17. The van der Waals surface area contributed by atoms with E-state index in [1.165, 1.54) is 5.69 Å². The fraction of sp³-hybridized carbons (Fsp3) is 0.400. The summed E-state index contributed by atoms with van der Waals surface area (Å²) in [7, 11) is 0. The number of nitrogen functional groups attached to an aromatic ring is 1. The molecule has 1 aliphatic heterocycles. The van der Waals surface area contributed by atoms with Crippen molar-refractivity contribution >= 4 is 22.1 Å². The zero-order valence-electron chi connectivity index (χ0n) is 11.2. The molecule has 2 aromatic rings. The number of anilines is 2. The lowest BCUT2D eigenvalue weighted by Gasteiger charge is -2.26. The van der Waals surface area contributed by atoms with Crippen LogP contribution in [0.3, 0.4) is 0 Å². The van der Waals surface area contributed by atoms with Crippen LogP contribution < -0.4 is 10.6 Å². The van der Waals surface area contributed by atoms with Crippen molar-refractivity contribution in [3.8, 4) is 0 Å². The maximum Gasteiger partial charge on any atom is 0.0721 e. The number of fused-ring (bicyclic) bond motifs is 1. The van der Waals surface area contributed by atoms with Gasteiger partial charge in [-0.25, -0.2) is 0 Å². The number of nitrogens with two attached hydrogens (primary N) is 1. The number of hydrogen-bond donors (Lipinski definition) is 1. The molecule has 19 heavy (non-hydrogen) atoms. The van der Waals surface area contributed by atoms with E-state index in [9.17, 15) is 0 Å². The summed E-state index contributed by atoms with van der Waals surface area (Å²) >= 11 is 0. The fourth-order valence-electron chi connectivity index (χ4n) is 2.69. The third-order valence-corrected chi connectivity index (χ3v) is 3.62. The number of rotatable bonds is 1. The first-order valence-electron chi connectivity index (χ1n) is 6.74. The van der Waals surface area contributed by atoms with Gasteiger partial charge < -0.3 is 15.4 Å². The van der Waals surface area contributed by atoms with Crippen LogP contribution in [0.1, 0.15) is 13.3 Å². The molecule has 1 atom stereocenters. The van der Waals surface area contributed by atoms with Gasteiger partial charge in [0, 0.05) is 54.2 Å². The Morgan fingerprint density at radius 2 is 2.21 bits per heavy atom. The Hall–Kier alpha value is -1.81. The van der Waals surface area contributed by atoms with E-state index >= 15 is 0 Å². The molecule has 3 rings (SSSR count). The molecule has 1 fully saturated rings. The van der Waals surface area contributed by atoms with E-state index in [-0.39, 0.29) is 6.10 Å². The predicted molar refractivity (Wildman–Crippen MR) is 78.4 cm³/mol. The molecule has 4 nitrogen and oxygen atoms in total. The summed E-state index contributed by atoms with van der Waals surface area (Å²) in [6.45, 7) is 4.88.